The summed E-state index contributed by atoms with van der Waals surface area (Å²) in [6.07, 6.45) is -4.45. The third-order valence-electron chi connectivity index (χ3n) is 4.75. The maximum Gasteiger partial charge on any atom is 0.417 e. The summed E-state index contributed by atoms with van der Waals surface area (Å²) in [5.41, 5.74) is 1.33. The van der Waals surface area contributed by atoms with E-state index in [1.165, 1.54) is 12.1 Å². The van der Waals surface area contributed by atoms with Gasteiger partial charge in [0, 0.05) is 5.69 Å². The minimum atomic E-state index is -4.45. The Hall–Kier alpha value is -3.48. The molecule has 0 fully saturated rings. The van der Waals surface area contributed by atoms with Gasteiger partial charge in [-0.1, -0.05) is 35.9 Å². The van der Waals surface area contributed by atoms with Crippen LogP contribution in [0.2, 0.25) is 0 Å². The van der Waals surface area contributed by atoms with Crippen molar-refractivity contribution in [3.63, 3.8) is 0 Å². The van der Waals surface area contributed by atoms with Crippen LogP contribution in [0.15, 0.2) is 60.7 Å². The first-order valence-corrected chi connectivity index (χ1v) is 9.31. The summed E-state index contributed by atoms with van der Waals surface area (Å²) in [6, 6.07) is 15.3. The second kappa shape index (κ2) is 7.74. The topological polar surface area (TPSA) is 47.6 Å². The summed E-state index contributed by atoms with van der Waals surface area (Å²) in [7, 11) is 0. The molecular weight excluding hydrogens is 395 g/mol. The molecule has 0 radical (unpaired) electrons. The van der Waals surface area contributed by atoms with E-state index in [1.54, 1.807) is 49.4 Å². The van der Waals surface area contributed by atoms with Crippen molar-refractivity contribution in [3.8, 4) is 22.6 Å². The molecule has 1 N–H and O–H groups in total. The summed E-state index contributed by atoms with van der Waals surface area (Å²) in [5, 5.41) is 2.75. The number of carbonyl (C=O) groups excluding carboxylic acids is 1. The SMILES string of the molecule is Cc1ccc(C(F)(F)F)c(-c2ccc(NC(=O)c3cccc4c3OCCO4)cc2)c1. The van der Waals surface area contributed by atoms with Gasteiger partial charge in [0.1, 0.15) is 13.2 Å². The zero-order valence-electron chi connectivity index (χ0n) is 16.0. The molecule has 0 saturated heterocycles. The van der Waals surface area contributed by atoms with Gasteiger partial charge in [-0.2, -0.15) is 13.2 Å². The minimum absolute atomic E-state index is 0.100. The lowest BCUT2D eigenvalue weighted by atomic mass is 9.97. The number of benzene rings is 3. The van der Waals surface area contributed by atoms with Gasteiger partial charge in [0.2, 0.25) is 0 Å². The van der Waals surface area contributed by atoms with Crippen LogP contribution in [0.1, 0.15) is 21.5 Å². The number of amides is 1. The smallest absolute Gasteiger partial charge is 0.417 e. The van der Waals surface area contributed by atoms with Gasteiger partial charge in [0.25, 0.3) is 5.91 Å². The highest BCUT2D eigenvalue weighted by atomic mass is 19.4. The molecule has 0 spiro atoms. The van der Waals surface area contributed by atoms with E-state index in [-0.39, 0.29) is 5.56 Å². The number of hydrogen-bond donors (Lipinski definition) is 1. The fraction of sp³-hybridized carbons (Fsp3) is 0.174. The van der Waals surface area contributed by atoms with Gasteiger partial charge in [-0.25, -0.2) is 0 Å². The van der Waals surface area contributed by atoms with Crippen LogP contribution >= 0.6 is 0 Å². The van der Waals surface area contributed by atoms with Gasteiger partial charge >= 0.3 is 6.18 Å². The number of aryl methyl sites for hydroxylation is 1. The summed E-state index contributed by atoms with van der Waals surface area (Å²) >= 11 is 0. The largest absolute Gasteiger partial charge is 0.486 e. The molecule has 7 heteroatoms. The van der Waals surface area contributed by atoms with E-state index in [4.69, 9.17) is 9.47 Å². The van der Waals surface area contributed by atoms with Crippen molar-refractivity contribution in [2.45, 2.75) is 13.1 Å². The van der Waals surface area contributed by atoms with Crippen LogP contribution in [0.3, 0.4) is 0 Å². The fourth-order valence-electron chi connectivity index (χ4n) is 3.33. The number of hydrogen-bond acceptors (Lipinski definition) is 3. The minimum Gasteiger partial charge on any atom is -0.486 e. The maximum atomic E-state index is 13.4. The highest BCUT2D eigenvalue weighted by Crippen LogP contribution is 2.38. The van der Waals surface area contributed by atoms with Crippen molar-refractivity contribution in [1.29, 1.82) is 0 Å². The molecule has 0 bridgehead atoms. The molecule has 1 amide bonds. The van der Waals surface area contributed by atoms with Crippen LogP contribution in [0, 0.1) is 6.92 Å². The summed E-state index contributed by atoms with van der Waals surface area (Å²) < 4.78 is 51.1. The van der Waals surface area contributed by atoms with E-state index in [9.17, 15) is 18.0 Å². The standard InChI is InChI=1S/C23H18F3NO3/c1-14-5-10-19(23(24,25)26)18(13-14)15-6-8-16(9-7-15)27-22(28)17-3-2-4-20-21(17)30-12-11-29-20/h2-10,13H,11-12H2,1H3,(H,27,28). The number of anilines is 1. The van der Waals surface area contributed by atoms with Crippen molar-refractivity contribution < 1.29 is 27.4 Å². The highest BCUT2D eigenvalue weighted by molar-refractivity contribution is 6.06. The Morgan fingerprint density at radius 3 is 2.43 bits per heavy atom. The van der Waals surface area contributed by atoms with Crippen molar-refractivity contribution in [3.05, 3.63) is 77.4 Å². The van der Waals surface area contributed by atoms with Gasteiger partial charge in [0.15, 0.2) is 11.5 Å². The van der Waals surface area contributed by atoms with Crippen LogP contribution in [-0.4, -0.2) is 19.1 Å². The Morgan fingerprint density at radius 1 is 0.967 bits per heavy atom. The predicted molar refractivity (Wildman–Crippen MR) is 107 cm³/mol. The van der Waals surface area contributed by atoms with Crippen molar-refractivity contribution in [2.75, 3.05) is 18.5 Å². The number of rotatable bonds is 3. The van der Waals surface area contributed by atoms with Crippen LogP contribution in [-0.2, 0) is 6.18 Å². The highest BCUT2D eigenvalue weighted by Gasteiger charge is 2.33. The molecule has 4 rings (SSSR count). The molecule has 0 unspecified atom stereocenters. The van der Waals surface area contributed by atoms with E-state index in [0.717, 1.165) is 11.6 Å². The van der Waals surface area contributed by atoms with Gasteiger partial charge in [-0.3, -0.25) is 4.79 Å². The Kier molecular flexibility index (Phi) is 5.11. The molecule has 4 nitrogen and oxygen atoms in total. The zero-order chi connectivity index (χ0) is 21.3. The van der Waals surface area contributed by atoms with Crippen LogP contribution in [0.4, 0.5) is 18.9 Å². The van der Waals surface area contributed by atoms with Crippen molar-refractivity contribution in [2.24, 2.45) is 0 Å². The van der Waals surface area contributed by atoms with Gasteiger partial charge in [-0.05, 0) is 48.4 Å². The first-order chi connectivity index (χ1) is 14.3. The van der Waals surface area contributed by atoms with E-state index in [2.05, 4.69) is 5.32 Å². The maximum absolute atomic E-state index is 13.4. The zero-order valence-corrected chi connectivity index (χ0v) is 16.0. The second-order valence-electron chi connectivity index (χ2n) is 6.91. The molecule has 0 aromatic heterocycles. The fourth-order valence-corrected chi connectivity index (χ4v) is 3.33. The monoisotopic (exact) mass is 413 g/mol. The van der Waals surface area contributed by atoms with Crippen LogP contribution in [0.5, 0.6) is 11.5 Å². The van der Waals surface area contributed by atoms with Crippen LogP contribution in [0.25, 0.3) is 11.1 Å². The predicted octanol–water partition coefficient (Wildman–Crippen LogP) is 5.70. The lowest BCUT2D eigenvalue weighted by Gasteiger charge is -2.20. The molecule has 30 heavy (non-hydrogen) atoms. The van der Waals surface area contributed by atoms with Crippen molar-refractivity contribution >= 4 is 11.6 Å². The molecule has 3 aromatic rings. The van der Waals surface area contributed by atoms with E-state index in [0.29, 0.717) is 41.5 Å². The number of halogens is 3. The molecule has 0 saturated carbocycles. The van der Waals surface area contributed by atoms with Gasteiger partial charge < -0.3 is 14.8 Å². The lowest BCUT2D eigenvalue weighted by molar-refractivity contribution is -0.137. The van der Waals surface area contributed by atoms with Crippen molar-refractivity contribution in [1.82, 2.24) is 0 Å². The Labute approximate surface area is 171 Å². The Balaban J connectivity index is 1.59. The normalized spacial score (nSPS) is 13.1. The molecule has 154 valence electrons. The number of para-hydroxylation sites is 1. The number of ether oxygens (including phenoxy) is 2. The first-order valence-electron chi connectivity index (χ1n) is 9.31. The van der Waals surface area contributed by atoms with E-state index < -0.39 is 17.6 Å². The van der Waals surface area contributed by atoms with Crippen LogP contribution < -0.4 is 14.8 Å². The molecule has 0 aliphatic carbocycles. The van der Waals surface area contributed by atoms with Gasteiger partial charge in [0.05, 0.1) is 11.1 Å². The second-order valence-corrected chi connectivity index (χ2v) is 6.91. The Bertz CT molecular complexity index is 1090. The Morgan fingerprint density at radius 2 is 1.70 bits per heavy atom. The summed E-state index contributed by atoms with van der Waals surface area (Å²) in [6.45, 7) is 2.51. The third-order valence-corrected chi connectivity index (χ3v) is 4.75. The summed E-state index contributed by atoms with van der Waals surface area (Å²) in [5.74, 6) is 0.493. The third kappa shape index (κ3) is 3.96. The van der Waals surface area contributed by atoms with E-state index in [1.807, 2.05) is 0 Å². The molecular formula is C23H18F3NO3. The molecule has 1 aliphatic rings. The first kappa shape index (κ1) is 19.8. The summed E-state index contributed by atoms with van der Waals surface area (Å²) in [4.78, 5) is 12.7. The molecule has 0 atom stereocenters. The average Bonchev–Trinajstić information content (AvgIpc) is 2.73. The molecule has 3 aromatic carbocycles. The molecule has 1 aliphatic heterocycles. The lowest BCUT2D eigenvalue weighted by Crippen LogP contribution is -2.20. The number of alkyl halides is 3. The average molecular weight is 413 g/mol. The van der Waals surface area contributed by atoms with Gasteiger partial charge in [-0.15, -0.1) is 0 Å². The molecule has 1 heterocycles. The number of nitrogens with one attached hydrogen (secondary N) is 1. The quantitative estimate of drug-likeness (QED) is 0.599. The van der Waals surface area contributed by atoms with E-state index >= 15 is 0 Å². The number of carbonyl (C=O) groups is 1. The number of fused-ring (bicyclic) bond motifs is 1.